The maximum atomic E-state index is 13.7. The number of imidazole rings is 1. The Kier molecular flexibility index (Phi) is 6.99. The van der Waals surface area contributed by atoms with Gasteiger partial charge in [-0.15, -0.1) is 0 Å². The Labute approximate surface area is 175 Å². The summed E-state index contributed by atoms with van der Waals surface area (Å²) in [5.74, 6) is -1.42. The first-order chi connectivity index (χ1) is 11.7. The second-order valence-corrected chi connectivity index (χ2v) is 7.18. The second-order valence-electron chi connectivity index (χ2n) is 5.60. The number of benzene rings is 1. The number of aromatic nitrogens is 2. The van der Waals surface area contributed by atoms with E-state index in [1.54, 1.807) is 10.8 Å². The molecule has 26 heavy (non-hydrogen) atoms. The molecule has 3 rings (SSSR count). The number of H-pyrrole nitrogens is 1. The predicted octanol–water partition coefficient (Wildman–Crippen LogP) is -1.40. The van der Waals surface area contributed by atoms with Gasteiger partial charge in [-0.05, 0) is 18.3 Å². The molecule has 2 heterocycles. The van der Waals surface area contributed by atoms with Crippen LogP contribution in [0, 0.1) is 16.4 Å². The Morgan fingerprint density at radius 1 is 1.42 bits per heavy atom. The monoisotopic (exact) mass is 413 g/mol. The molecule has 0 aliphatic carbocycles. The molecule has 136 valence electrons. The summed E-state index contributed by atoms with van der Waals surface area (Å²) in [6.45, 7) is 0.0356. The van der Waals surface area contributed by atoms with Crippen LogP contribution in [0.15, 0.2) is 18.3 Å². The Morgan fingerprint density at radius 2 is 2.15 bits per heavy atom. The van der Waals surface area contributed by atoms with Gasteiger partial charge in [0.15, 0.2) is 26.6 Å². The van der Waals surface area contributed by atoms with Crippen LogP contribution in [0.25, 0.3) is 0 Å². The largest absolute Gasteiger partial charge is 1.00 e. The number of nitrogens with zero attached hydrogens (tertiary/aromatic N) is 1. The van der Waals surface area contributed by atoms with Gasteiger partial charge in [0.1, 0.15) is 12.4 Å². The van der Waals surface area contributed by atoms with Crippen LogP contribution in [0.1, 0.15) is 17.3 Å². The quantitative estimate of drug-likeness (QED) is 0.357. The summed E-state index contributed by atoms with van der Waals surface area (Å²) in [5.41, 5.74) is 1.04. The summed E-state index contributed by atoms with van der Waals surface area (Å²) >= 11 is 5.23. The maximum absolute atomic E-state index is 13.7. The number of nitrogens with one attached hydrogen (secondary N) is 2. The molecule has 2 N–H and O–H groups in total. The summed E-state index contributed by atoms with van der Waals surface area (Å²) in [5, 5.41) is 0. The average molecular weight is 413 g/mol. The Balaban J connectivity index is 0.00000243. The van der Waals surface area contributed by atoms with Crippen LogP contribution in [0.5, 0.6) is 5.75 Å². The molecule has 1 atom stereocenters. The first-order valence-corrected chi connectivity index (χ1v) is 9.16. The molecule has 1 aromatic carbocycles. The standard InChI is InChI=1S/C14H15F2N3O4S2.Na/c15-9-3-8-4-11(7-23-13(8)12(16)5-9)19-10(6-17-14(19)24)1-2-18-25(20,21)22;/h3,5-6,11,18H,1-2,4,7H2,(H,17,24)(H,20,21,22);/q;+1/p-1/t11-;/m1./s1. The molecule has 1 aromatic heterocycles. The average Bonchev–Trinajstić information content (AvgIpc) is 2.86. The minimum atomic E-state index is -4.53. The van der Waals surface area contributed by atoms with Crippen molar-refractivity contribution in [1.29, 1.82) is 0 Å². The van der Waals surface area contributed by atoms with Gasteiger partial charge in [-0.2, -0.15) is 0 Å². The topological polar surface area (TPSA) is 99.2 Å². The van der Waals surface area contributed by atoms with E-state index in [1.807, 2.05) is 4.72 Å². The van der Waals surface area contributed by atoms with Gasteiger partial charge in [0, 0.05) is 42.9 Å². The number of hydrogen-bond acceptors (Lipinski definition) is 5. The molecule has 0 unspecified atom stereocenters. The van der Waals surface area contributed by atoms with Crippen LogP contribution in [0.4, 0.5) is 8.78 Å². The number of aromatic amines is 1. The fourth-order valence-corrected chi connectivity index (χ4v) is 3.57. The van der Waals surface area contributed by atoms with Gasteiger partial charge in [-0.25, -0.2) is 21.9 Å². The molecular weight excluding hydrogens is 399 g/mol. The predicted molar refractivity (Wildman–Crippen MR) is 85.6 cm³/mol. The van der Waals surface area contributed by atoms with E-state index in [0.717, 1.165) is 6.07 Å². The maximum Gasteiger partial charge on any atom is 1.00 e. The van der Waals surface area contributed by atoms with Crippen molar-refractivity contribution in [3.8, 4) is 5.75 Å². The number of fused-ring (bicyclic) bond motifs is 1. The number of halogens is 2. The molecule has 0 amide bonds. The molecule has 12 heteroatoms. The van der Waals surface area contributed by atoms with E-state index < -0.39 is 21.9 Å². The van der Waals surface area contributed by atoms with Gasteiger partial charge in [0.25, 0.3) is 0 Å². The number of rotatable bonds is 5. The molecule has 7 nitrogen and oxygen atoms in total. The molecule has 0 spiro atoms. The van der Waals surface area contributed by atoms with Gasteiger partial charge >= 0.3 is 29.6 Å². The summed E-state index contributed by atoms with van der Waals surface area (Å²) in [6, 6.07) is 1.67. The van der Waals surface area contributed by atoms with Crippen molar-refractivity contribution in [2.45, 2.75) is 18.9 Å². The summed E-state index contributed by atoms with van der Waals surface area (Å²) < 4.78 is 68.4. The zero-order valence-corrected chi connectivity index (χ0v) is 17.4. The van der Waals surface area contributed by atoms with Crippen molar-refractivity contribution < 1.29 is 56.0 Å². The third-order valence-electron chi connectivity index (χ3n) is 3.88. The van der Waals surface area contributed by atoms with Gasteiger partial charge in [-0.3, -0.25) is 0 Å². The third-order valence-corrected chi connectivity index (χ3v) is 4.75. The van der Waals surface area contributed by atoms with Crippen LogP contribution in [-0.4, -0.2) is 35.7 Å². The van der Waals surface area contributed by atoms with Gasteiger partial charge in [0.2, 0.25) is 0 Å². The van der Waals surface area contributed by atoms with Crippen molar-refractivity contribution in [1.82, 2.24) is 14.3 Å². The molecular formula is C14H14F2N3NaO4S2. The van der Waals surface area contributed by atoms with Crippen molar-refractivity contribution in [2.75, 3.05) is 13.2 Å². The van der Waals surface area contributed by atoms with Crippen LogP contribution >= 0.6 is 12.2 Å². The normalized spacial score (nSPS) is 16.5. The summed E-state index contributed by atoms with van der Waals surface area (Å²) in [7, 11) is -4.53. The van der Waals surface area contributed by atoms with Crippen LogP contribution < -0.4 is 39.0 Å². The third kappa shape index (κ3) is 4.91. The molecule has 1 aliphatic heterocycles. The molecule has 0 saturated heterocycles. The fourth-order valence-electron chi connectivity index (χ4n) is 2.90. The van der Waals surface area contributed by atoms with Crippen LogP contribution in [0.2, 0.25) is 0 Å². The zero-order chi connectivity index (χ0) is 18.2. The van der Waals surface area contributed by atoms with Gasteiger partial charge in [-0.1, -0.05) is 0 Å². The number of ether oxygens (including phenoxy) is 1. The van der Waals surface area contributed by atoms with E-state index in [9.17, 15) is 21.8 Å². The summed E-state index contributed by atoms with van der Waals surface area (Å²) in [4.78, 5) is 2.85. The van der Waals surface area contributed by atoms with E-state index in [2.05, 4.69) is 4.98 Å². The first kappa shape index (κ1) is 21.5. The van der Waals surface area contributed by atoms with E-state index in [4.69, 9.17) is 17.0 Å². The molecule has 2 aromatic rings. The van der Waals surface area contributed by atoms with Gasteiger partial charge < -0.3 is 18.8 Å². The molecule has 0 bridgehead atoms. The van der Waals surface area contributed by atoms with Crippen molar-refractivity contribution >= 4 is 22.5 Å². The van der Waals surface area contributed by atoms with E-state index in [-0.39, 0.29) is 60.9 Å². The van der Waals surface area contributed by atoms with E-state index in [1.165, 1.54) is 6.07 Å². The zero-order valence-electron chi connectivity index (χ0n) is 13.8. The molecule has 0 fully saturated rings. The van der Waals surface area contributed by atoms with Crippen molar-refractivity contribution in [2.24, 2.45) is 0 Å². The SMILES string of the molecule is O=S(=O)([O-])NCCc1c[nH]c(=S)n1[C@H]1COc2c(F)cc(F)cc2C1.[Na+]. The minimum Gasteiger partial charge on any atom is -0.735 e. The summed E-state index contributed by atoms with van der Waals surface area (Å²) in [6.07, 6.45) is 2.12. The number of hydrogen-bond donors (Lipinski definition) is 2. The Bertz CT molecular complexity index is 962. The molecule has 0 radical (unpaired) electrons. The smallest absolute Gasteiger partial charge is 0.735 e. The van der Waals surface area contributed by atoms with Crippen molar-refractivity contribution in [3.63, 3.8) is 0 Å². The first-order valence-electron chi connectivity index (χ1n) is 7.34. The van der Waals surface area contributed by atoms with E-state index in [0.29, 0.717) is 22.4 Å². The van der Waals surface area contributed by atoms with Crippen LogP contribution in [0.3, 0.4) is 0 Å². The van der Waals surface area contributed by atoms with Gasteiger partial charge in [0.05, 0.1) is 6.04 Å². The second kappa shape index (κ2) is 8.46. The fraction of sp³-hybridized carbons (Fsp3) is 0.357. The van der Waals surface area contributed by atoms with Crippen LogP contribution in [-0.2, 0) is 23.1 Å². The molecule has 1 aliphatic rings. The Morgan fingerprint density at radius 3 is 2.85 bits per heavy atom. The van der Waals surface area contributed by atoms with E-state index >= 15 is 0 Å². The minimum absolute atomic E-state index is 0. The van der Waals surface area contributed by atoms with Crippen molar-refractivity contribution in [3.05, 3.63) is 46.0 Å². The molecule has 0 saturated carbocycles. The Hall–Kier alpha value is -0.820.